The van der Waals surface area contributed by atoms with Gasteiger partial charge in [0.15, 0.2) is 0 Å². The number of hydrogen-bond donors (Lipinski definition) is 1. The Balaban J connectivity index is 1.53. The molecule has 1 N–H and O–H groups in total. The number of rotatable bonds is 3. The fourth-order valence-electron chi connectivity index (χ4n) is 4.27. The minimum atomic E-state index is 0.124. The number of likely N-dealkylation sites (tertiary alicyclic amines) is 1. The molecule has 3 nitrogen and oxygen atoms in total. The smallest absolute Gasteiger partial charge is 0.238 e. The van der Waals surface area contributed by atoms with Crippen LogP contribution in [0.25, 0.3) is 0 Å². The zero-order chi connectivity index (χ0) is 15.5. The first kappa shape index (κ1) is 15.5. The van der Waals surface area contributed by atoms with Gasteiger partial charge in [-0.2, -0.15) is 0 Å². The minimum Gasteiger partial charge on any atom is -0.325 e. The second-order valence-corrected chi connectivity index (χ2v) is 7.25. The predicted octanol–water partition coefficient (Wildman–Crippen LogP) is 3.75. The molecule has 1 heterocycles. The van der Waals surface area contributed by atoms with Crippen molar-refractivity contribution in [1.82, 2.24) is 4.90 Å². The van der Waals surface area contributed by atoms with E-state index in [-0.39, 0.29) is 5.91 Å². The van der Waals surface area contributed by atoms with E-state index in [9.17, 15) is 4.79 Å². The number of anilines is 1. The van der Waals surface area contributed by atoms with Crippen LogP contribution in [0.4, 0.5) is 5.69 Å². The van der Waals surface area contributed by atoms with Crippen molar-refractivity contribution in [2.45, 2.75) is 46.0 Å². The van der Waals surface area contributed by atoms with Crippen LogP contribution >= 0.6 is 0 Å². The molecule has 2 aliphatic rings. The van der Waals surface area contributed by atoms with E-state index in [4.69, 9.17) is 0 Å². The van der Waals surface area contributed by atoms with Crippen molar-refractivity contribution in [1.29, 1.82) is 0 Å². The van der Waals surface area contributed by atoms with Crippen LogP contribution in [0.15, 0.2) is 18.2 Å². The van der Waals surface area contributed by atoms with E-state index >= 15 is 0 Å². The van der Waals surface area contributed by atoms with Crippen molar-refractivity contribution < 1.29 is 4.79 Å². The Morgan fingerprint density at radius 2 is 1.77 bits per heavy atom. The number of amides is 1. The molecule has 1 saturated carbocycles. The molecule has 120 valence electrons. The molecular weight excluding hydrogens is 272 g/mol. The van der Waals surface area contributed by atoms with Gasteiger partial charge in [-0.15, -0.1) is 0 Å². The SMILES string of the molecule is Cc1cc(C)cc(NC(=O)CN2CC[C@H]3CCCC[C@@H]3C2)c1. The second kappa shape index (κ2) is 6.82. The lowest BCUT2D eigenvalue weighted by molar-refractivity contribution is -0.118. The van der Waals surface area contributed by atoms with E-state index in [2.05, 4.69) is 30.1 Å². The molecule has 1 aromatic carbocycles. The topological polar surface area (TPSA) is 32.3 Å². The Bertz CT molecular complexity index is 520. The molecule has 1 saturated heterocycles. The largest absolute Gasteiger partial charge is 0.325 e. The van der Waals surface area contributed by atoms with E-state index in [0.717, 1.165) is 30.6 Å². The average molecular weight is 300 g/mol. The summed E-state index contributed by atoms with van der Waals surface area (Å²) in [6.45, 7) is 6.87. The third-order valence-electron chi connectivity index (χ3n) is 5.25. The third-order valence-corrected chi connectivity index (χ3v) is 5.25. The number of aryl methyl sites for hydroxylation is 2. The van der Waals surface area contributed by atoms with Gasteiger partial charge in [0.2, 0.25) is 5.91 Å². The summed E-state index contributed by atoms with van der Waals surface area (Å²) in [6, 6.07) is 6.21. The Hall–Kier alpha value is -1.35. The summed E-state index contributed by atoms with van der Waals surface area (Å²) < 4.78 is 0. The summed E-state index contributed by atoms with van der Waals surface area (Å²) in [5, 5.41) is 3.06. The highest BCUT2D eigenvalue weighted by molar-refractivity contribution is 5.92. The Morgan fingerprint density at radius 1 is 1.09 bits per heavy atom. The van der Waals surface area contributed by atoms with E-state index < -0.39 is 0 Å². The fourth-order valence-corrected chi connectivity index (χ4v) is 4.27. The van der Waals surface area contributed by atoms with Crippen LogP contribution in [0.1, 0.15) is 43.2 Å². The number of benzene rings is 1. The van der Waals surface area contributed by atoms with Gasteiger partial charge in [-0.3, -0.25) is 9.69 Å². The number of carbonyl (C=O) groups excluding carboxylic acids is 1. The molecule has 0 radical (unpaired) electrons. The molecule has 1 aliphatic heterocycles. The van der Waals surface area contributed by atoms with Crippen molar-refractivity contribution in [2.75, 3.05) is 25.0 Å². The van der Waals surface area contributed by atoms with Gasteiger partial charge >= 0.3 is 0 Å². The summed E-state index contributed by atoms with van der Waals surface area (Å²) in [4.78, 5) is 14.7. The van der Waals surface area contributed by atoms with E-state index in [1.165, 1.54) is 43.2 Å². The minimum absolute atomic E-state index is 0.124. The summed E-state index contributed by atoms with van der Waals surface area (Å²) in [7, 11) is 0. The summed E-state index contributed by atoms with van der Waals surface area (Å²) in [5.41, 5.74) is 3.31. The molecule has 1 amide bonds. The number of piperidine rings is 1. The normalized spacial score (nSPS) is 25.5. The lowest BCUT2D eigenvalue weighted by Crippen LogP contribution is -2.44. The summed E-state index contributed by atoms with van der Waals surface area (Å²) in [6.07, 6.45) is 6.84. The number of nitrogens with zero attached hydrogens (tertiary/aromatic N) is 1. The molecule has 0 bridgehead atoms. The summed E-state index contributed by atoms with van der Waals surface area (Å²) in [5.74, 6) is 1.88. The molecule has 0 unspecified atom stereocenters. The molecule has 2 atom stereocenters. The molecular formula is C19H28N2O. The quantitative estimate of drug-likeness (QED) is 0.922. The maximum atomic E-state index is 12.3. The van der Waals surface area contributed by atoms with Crippen molar-refractivity contribution >= 4 is 11.6 Å². The first-order chi connectivity index (χ1) is 10.6. The number of nitrogens with one attached hydrogen (secondary N) is 1. The van der Waals surface area contributed by atoms with Gasteiger partial charge < -0.3 is 5.32 Å². The standard InChI is InChI=1S/C19H28N2O/c1-14-9-15(2)11-18(10-14)20-19(22)13-21-8-7-16-5-3-4-6-17(16)12-21/h9-11,16-17H,3-8,12-13H2,1-2H3,(H,20,22)/t16-,17-/m1/s1. The fraction of sp³-hybridized carbons (Fsp3) is 0.632. The van der Waals surface area contributed by atoms with Gasteiger partial charge in [-0.25, -0.2) is 0 Å². The van der Waals surface area contributed by atoms with Crippen molar-refractivity contribution in [2.24, 2.45) is 11.8 Å². The summed E-state index contributed by atoms with van der Waals surface area (Å²) >= 11 is 0. The molecule has 0 spiro atoms. The predicted molar refractivity (Wildman–Crippen MR) is 91.1 cm³/mol. The first-order valence-electron chi connectivity index (χ1n) is 8.70. The maximum Gasteiger partial charge on any atom is 0.238 e. The molecule has 3 rings (SSSR count). The van der Waals surface area contributed by atoms with E-state index in [1.807, 2.05) is 12.1 Å². The molecule has 0 aromatic heterocycles. The molecule has 22 heavy (non-hydrogen) atoms. The van der Waals surface area contributed by atoms with Gasteiger partial charge in [0.05, 0.1) is 6.54 Å². The number of hydrogen-bond acceptors (Lipinski definition) is 2. The van der Waals surface area contributed by atoms with Crippen molar-refractivity contribution in [3.8, 4) is 0 Å². The van der Waals surface area contributed by atoms with Crippen LogP contribution in [0.2, 0.25) is 0 Å². The number of carbonyl (C=O) groups is 1. The van der Waals surface area contributed by atoms with Gasteiger partial charge in [0.25, 0.3) is 0 Å². The van der Waals surface area contributed by atoms with Crippen molar-refractivity contribution in [3.05, 3.63) is 29.3 Å². The Morgan fingerprint density at radius 3 is 2.50 bits per heavy atom. The van der Waals surface area contributed by atoms with Crippen LogP contribution < -0.4 is 5.32 Å². The highest BCUT2D eigenvalue weighted by Crippen LogP contribution is 2.35. The lowest BCUT2D eigenvalue weighted by Gasteiger charge is -2.41. The second-order valence-electron chi connectivity index (χ2n) is 7.25. The van der Waals surface area contributed by atoms with Gasteiger partial charge in [0.1, 0.15) is 0 Å². The van der Waals surface area contributed by atoms with Gasteiger partial charge in [0, 0.05) is 12.2 Å². The van der Waals surface area contributed by atoms with Crippen LogP contribution in [0.5, 0.6) is 0 Å². The first-order valence-corrected chi connectivity index (χ1v) is 8.70. The maximum absolute atomic E-state index is 12.3. The zero-order valence-corrected chi connectivity index (χ0v) is 13.9. The van der Waals surface area contributed by atoms with E-state index in [1.54, 1.807) is 0 Å². The van der Waals surface area contributed by atoms with Crippen LogP contribution in [-0.2, 0) is 4.79 Å². The van der Waals surface area contributed by atoms with Gasteiger partial charge in [-0.1, -0.05) is 25.3 Å². The molecule has 1 aromatic rings. The zero-order valence-electron chi connectivity index (χ0n) is 13.9. The number of fused-ring (bicyclic) bond motifs is 1. The lowest BCUT2D eigenvalue weighted by atomic mass is 9.75. The van der Waals surface area contributed by atoms with Crippen molar-refractivity contribution in [3.63, 3.8) is 0 Å². The molecule has 1 aliphatic carbocycles. The Kier molecular flexibility index (Phi) is 4.82. The highest BCUT2D eigenvalue weighted by Gasteiger charge is 2.31. The van der Waals surface area contributed by atoms with Crippen LogP contribution in [0.3, 0.4) is 0 Å². The van der Waals surface area contributed by atoms with Crippen LogP contribution in [0, 0.1) is 25.7 Å². The highest BCUT2D eigenvalue weighted by atomic mass is 16.2. The third kappa shape index (κ3) is 3.89. The van der Waals surface area contributed by atoms with Gasteiger partial charge in [-0.05, 0) is 68.3 Å². The van der Waals surface area contributed by atoms with E-state index in [0.29, 0.717) is 6.54 Å². The van der Waals surface area contributed by atoms with Crippen LogP contribution in [-0.4, -0.2) is 30.4 Å². The monoisotopic (exact) mass is 300 g/mol. The average Bonchev–Trinajstić information content (AvgIpc) is 2.45. The Labute approximate surface area is 134 Å². The molecule has 2 fully saturated rings. The molecule has 3 heteroatoms.